The molecule has 0 saturated carbocycles. The Kier molecular flexibility index (Phi) is 5.75. The molecular weight excluding hydrogens is 348 g/mol. The van der Waals surface area contributed by atoms with E-state index in [1.807, 2.05) is 12.1 Å². The van der Waals surface area contributed by atoms with Crippen molar-refractivity contribution >= 4 is 11.8 Å². The molecule has 0 bridgehead atoms. The SMILES string of the molecule is O=C(CCCCC(=O)N[C@@H]1CCc2ccccc21)N[C@@H]1CCc2ccccc21. The quantitative estimate of drug-likeness (QED) is 0.713. The van der Waals surface area contributed by atoms with Gasteiger partial charge in [0.25, 0.3) is 0 Å². The summed E-state index contributed by atoms with van der Waals surface area (Å²) in [6.45, 7) is 0. The normalized spacial score (nSPS) is 19.7. The van der Waals surface area contributed by atoms with Gasteiger partial charge in [0.15, 0.2) is 0 Å². The van der Waals surface area contributed by atoms with Crippen LogP contribution in [0.3, 0.4) is 0 Å². The van der Waals surface area contributed by atoms with Gasteiger partial charge in [0.2, 0.25) is 11.8 Å². The van der Waals surface area contributed by atoms with E-state index in [9.17, 15) is 9.59 Å². The third-order valence-corrected chi connectivity index (χ3v) is 5.99. The largest absolute Gasteiger partial charge is 0.349 e. The first-order chi connectivity index (χ1) is 13.7. The Balaban J connectivity index is 1.15. The second-order valence-electron chi connectivity index (χ2n) is 7.92. The van der Waals surface area contributed by atoms with Gasteiger partial charge in [-0.05, 0) is 60.8 Å². The average Bonchev–Trinajstić information content (AvgIpc) is 3.30. The van der Waals surface area contributed by atoms with Crippen LogP contribution >= 0.6 is 0 Å². The summed E-state index contributed by atoms with van der Waals surface area (Å²) in [6, 6.07) is 17.0. The van der Waals surface area contributed by atoms with E-state index >= 15 is 0 Å². The van der Waals surface area contributed by atoms with Crippen molar-refractivity contribution in [2.75, 3.05) is 0 Å². The van der Waals surface area contributed by atoms with Gasteiger partial charge in [-0.1, -0.05) is 48.5 Å². The summed E-state index contributed by atoms with van der Waals surface area (Å²) in [5.41, 5.74) is 5.20. The molecule has 0 aliphatic heterocycles. The van der Waals surface area contributed by atoms with E-state index in [0.717, 1.165) is 38.5 Å². The highest BCUT2D eigenvalue weighted by Crippen LogP contribution is 2.31. The first kappa shape index (κ1) is 18.7. The molecule has 2 atom stereocenters. The number of hydrogen-bond acceptors (Lipinski definition) is 2. The van der Waals surface area contributed by atoms with Gasteiger partial charge in [0.05, 0.1) is 12.1 Å². The first-order valence-corrected chi connectivity index (χ1v) is 10.4. The number of rotatable bonds is 7. The smallest absolute Gasteiger partial charge is 0.220 e. The third-order valence-electron chi connectivity index (χ3n) is 5.99. The zero-order valence-electron chi connectivity index (χ0n) is 16.2. The summed E-state index contributed by atoms with van der Waals surface area (Å²) < 4.78 is 0. The molecule has 4 heteroatoms. The lowest BCUT2D eigenvalue weighted by Crippen LogP contribution is -2.28. The molecule has 28 heavy (non-hydrogen) atoms. The molecule has 2 amide bonds. The molecule has 2 aliphatic carbocycles. The highest BCUT2D eigenvalue weighted by atomic mass is 16.2. The minimum absolute atomic E-state index is 0.0897. The lowest BCUT2D eigenvalue weighted by atomic mass is 10.1. The summed E-state index contributed by atoms with van der Waals surface area (Å²) >= 11 is 0. The maximum atomic E-state index is 12.3. The molecule has 0 fully saturated rings. The van der Waals surface area contributed by atoms with Crippen molar-refractivity contribution in [2.45, 2.75) is 63.5 Å². The molecule has 0 unspecified atom stereocenters. The van der Waals surface area contributed by atoms with Crippen LogP contribution < -0.4 is 10.6 Å². The number of nitrogens with one attached hydrogen (secondary N) is 2. The molecular formula is C24H28N2O2. The fraction of sp³-hybridized carbons (Fsp3) is 0.417. The predicted octanol–water partition coefficient (Wildman–Crippen LogP) is 4.15. The number of unbranched alkanes of at least 4 members (excludes halogenated alkanes) is 1. The standard InChI is InChI=1S/C24H28N2O2/c27-23(25-21-15-13-17-7-1-3-9-19(17)21)11-5-6-12-24(28)26-22-16-14-18-8-2-4-10-20(18)22/h1-4,7-10,21-22H,5-6,11-16H2,(H,25,27)(H,26,28)/t21-,22-/m1/s1. The molecule has 0 heterocycles. The number of amides is 2. The molecule has 2 aromatic carbocycles. The van der Waals surface area contributed by atoms with Gasteiger partial charge in [-0.3, -0.25) is 9.59 Å². The Hall–Kier alpha value is -2.62. The highest BCUT2D eigenvalue weighted by Gasteiger charge is 2.24. The van der Waals surface area contributed by atoms with Gasteiger partial charge in [0.1, 0.15) is 0 Å². The first-order valence-electron chi connectivity index (χ1n) is 10.4. The van der Waals surface area contributed by atoms with Crippen LogP contribution in [0.25, 0.3) is 0 Å². The maximum absolute atomic E-state index is 12.3. The number of benzene rings is 2. The van der Waals surface area contributed by atoms with Crippen molar-refractivity contribution < 1.29 is 9.59 Å². The highest BCUT2D eigenvalue weighted by molar-refractivity contribution is 5.78. The molecule has 0 spiro atoms. The Morgan fingerprint density at radius 1 is 0.714 bits per heavy atom. The second-order valence-corrected chi connectivity index (χ2v) is 7.92. The van der Waals surface area contributed by atoms with Crippen LogP contribution in [0.15, 0.2) is 48.5 Å². The number of hydrogen-bond donors (Lipinski definition) is 2. The number of aryl methyl sites for hydroxylation is 2. The van der Waals surface area contributed by atoms with E-state index < -0.39 is 0 Å². The summed E-state index contributed by atoms with van der Waals surface area (Å²) in [5.74, 6) is 0.179. The van der Waals surface area contributed by atoms with Crippen molar-refractivity contribution in [1.29, 1.82) is 0 Å². The molecule has 2 N–H and O–H groups in total. The molecule has 0 radical (unpaired) electrons. The van der Waals surface area contributed by atoms with E-state index in [1.165, 1.54) is 22.3 Å². The van der Waals surface area contributed by atoms with Crippen molar-refractivity contribution in [2.24, 2.45) is 0 Å². The molecule has 146 valence electrons. The third kappa shape index (κ3) is 4.27. The van der Waals surface area contributed by atoms with Crippen LogP contribution in [0.4, 0.5) is 0 Å². The number of fused-ring (bicyclic) bond motifs is 2. The molecule has 2 aliphatic rings. The van der Waals surface area contributed by atoms with Gasteiger partial charge in [-0.25, -0.2) is 0 Å². The van der Waals surface area contributed by atoms with E-state index in [0.29, 0.717) is 12.8 Å². The predicted molar refractivity (Wildman–Crippen MR) is 110 cm³/mol. The monoisotopic (exact) mass is 376 g/mol. The zero-order valence-corrected chi connectivity index (χ0v) is 16.2. The van der Waals surface area contributed by atoms with Gasteiger partial charge < -0.3 is 10.6 Å². The lowest BCUT2D eigenvalue weighted by Gasteiger charge is -2.15. The maximum Gasteiger partial charge on any atom is 0.220 e. The topological polar surface area (TPSA) is 58.2 Å². The Labute approximate surface area is 166 Å². The van der Waals surface area contributed by atoms with Crippen LogP contribution in [-0.4, -0.2) is 11.8 Å². The van der Waals surface area contributed by atoms with Crippen LogP contribution in [0, 0.1) is 0 Å². The van der Waals surface area contributed by atoms with Crippen molar-refractivity contribution in [1.82, 2.24) is 10.6 Å². The van der Waals surface area contributed by atoms with Crippen LogP contribution in [-0.2, 0) is 22.4 Å². The average molecular weight is 377 g/mol. The lowest BCUT2D eigenvalue weighted by molar-refractivity contribution is -0.123. The summed E-state index contributed by atoms with van der Waals surface area (Å²) in [7, 11) is 0. The van der Waals surface area contributed by atoms with Crippen LogP contribution in [0.1, 0.15) is 72.9 Å². The number of carbonyl (C=O) groups excluding carboxylic acids is 2. The van der Waals surface area contributed by atoms with Crippen LogP contribution in [0.5, 0.6) is 0 Å². The fourth-order valence-electron chi connectivity index (χ4n) is 4.52. The minimum Gasteiger partial charge on any atom is -0.349 e. The van der Waals surface area contributed by atoms with Crippen molar-refractivity contribution in [3.05, 3.63) is 70.8 Å². The Morgan fingerprint density at radius 3 is 1.61 bits per heavy atom. The van der Waals surface area contributed by atoms with Crippen molar-refractivity contribution in [3.63, 3.8) is 0 Å². The molecule has 0 saturated heterocycles. The van der Waals surface area contributed by atoms with Crippen LogP contribution in [0.2, 0.25) is 0 Å². The van der Waals surface area contributed by atoms with Gasteiger partial charge in [-0.2, -0.15) is 0 Å². The van der Waals surface area contributed by atoms with E-state index in [4.69, 9.17) is 0 Å². The fourth-order valence-corrected chi connectivity index (χ4v) is 4.52. The second kappa shape index (κ2) is 8.59. The minimum atomic E-state index is 0.0897. The van der Waals surface area contributed by atoms with Gasteiger partial charge in [-0.15, -0.1) is 0 Å². The summed E-state index contributed by atoms with van der Waals surface area (Å²) in [5, 5.41) is 6.31. The summed E-state index contributed by atoms with van der Waals surface area (Å²) in [6.07, 6.45) is 6.49. The molecule has 4 nitrogen and oxygen atoms in total. The molecule has 0 aromatic heterocycles. The van der Waals surface area contributed by atoms with E-state index in [-0.39, 0.29) is 23.9 Å². The van der Waals surface area contributed by atoms with E-state index in [1.54, 1.807) is 0 Å². The Morgan fingerprint density at radius 2 is 1.14 bits per heavy atom. The Bertz CT molecular complexity index is 790. The zero-order chi connectivity index (χ0) is 19.3. The molecule has 2 aromatic rings. The van der Waals surface area contributed by atoms with E-state index in [2.05, 4.69) is 47.0 Å². The van der Waals surface area contributed by atoms with Gasteiger partial charge in [0, 0.05) is 12.8 Å². The summed E-state index contributed by atoms with van der Waals surface area (Å²) in [4.78, 5) is 24.5. The number of carbonyl (C=O) groups is 2. The van der Waals surface area contributed by atoms with Gasteiger partial charge >= 0.3 is 0 Å². The molecule has 4 rings (SSSR count). The van der Waals surface area contributed by atoms with Crippen molar-refractivity contribution in [3.8, 4) is 0 Å².